The molecule has 2 N–H and O–H groups in total. The van der Waals surface area contributed by atoms with Crippen LogP contribution >= 0.6 is 0 Å². The lowest BCUT2D eigenvalue weighted by Gasteiger charge is -1.95. The molecule has 2 rings (SSSR count). The summed E-state index contributed by atoms with van der Waals surface area (Å²) in [6.45, 7) is 3.59. The van der Waals surface area contributed by atoms with Crippen molar-refractivity contribution in [2.45, 2.75) is 0 Å². The molecular formula is C10H7N3O. The SMILES string of the molecule is C=C(C#N)c1ccc2[nH]c(=O)[nH]c2c1. The summed E-state index contributed by atoms with van der Waals surface area (Å²) in [5.41, 5.74) is 2.26. The number of nitrogens with one attached hydrogen (secondary N) is 2. The van der Waals surface area contributed by atoms with Crippen molar-refractivity contribution in [2.75, 3.05) is 0 Å². The number of H-pyrrole nitrogens is 2. The summed E-state index contributed by atoms with van der Waals surface area (Å²) in [4.78, 5) is 16.2. The van der Waals surface area contributed by atoms with Gasteiger partial charge in [-0.15, -0.1) is 0 Å². The number of imidazole rings is 1. The van der Waals surface area contributed by atoms with Crippen LogP contribution in [0.25, 0.3) is 16.6 Å². The molecule has 2 aromatic rings. The van der Waals surface area contributed by atoms with Gasteiger partial charge in [0, 0.05) is 0 Å². The van der Waals surface area contributed by atoms with E-state index in [9.17, 15) is 4.79 Å². The van der Waals surface area contributed by atoms with Crippen LogP contribution in [0.2, 0.25) is 0 Å². The van der Waals surface area contributed by atoms with Crippen LogP contribution in [0.15, 0.2) is 29.6 Å². The first-order valence-electron chi connectivity index (χ1n) is 4.02. The minimum absolute atomic E-state index is 0.250. The summed E-state index contributed by atoms with van der Waals surface area (Å²) in [6, 6.07) is 7.17. The van der Waals surface area contributed by atoms with Crippen LogP contribution in [-0.2, 0) is 0 Å². The van der Waals surface area contributed by atoms with Crippen molar-refractivity contribution < 1.29 is 0 Å². The van der Waals surface area contributed by atoms with Crippen LogP contribution in [0, 0.1) is 11.3 Å². The minimum atomic E-state index is -0.250. The number of aromatic amines is 2. The summed E-state index contributed by atoms with van der Waals surface area (Å²) in [7, 11) is 0. The van der Waals surface area contributed by atoms with E-state index in [0.29, 0.717) is 11.1 Å². The monoisotopic (exact) mass is 185 g/mol. The zero-order valence-corrected chi connectivity index (χ0v) is 7.29. The van der Waals surface area contributed by atoms with Crippen molar-refractivity contribution in [3.63, 3.8) is 0 Å². The Kier molecular flexibility index (Phi) is 1.72. The van der Waals surface area contributed by atoms with Crippen molar-refractivity contribution in [2.24, 2.45) is 0 Å². The molecule has 0 aliphatic rings. The predicted octanol–water partition coefficient (Wildman–Crippen LogP) is 1.39. The van der Waals surface area contributed by atoms with E-state index >= 15 is 0 Å². The van der Waals surface area contributed by atoms with Crippen molar-refractivity contribution >= 4 is 16.6 Å². The number of hydrogen-bond acceptors (Lipinski definition) is 2. The number of aromatic nitrogens is 2. The average molecular weight is 185 g/mol. The topological polar surface area (TPSA) is 72.4 Å². The van der Waals surface area contributed by atoms with Crippen molar-refractivity contribution in [3.05, 3.63) is 40.8 Å². The van der Waals surface area contributed by atoms with Gasteiger partial charge in [0.1, 0.15) is 0 Å². The Hall–Kier alpha value is -2.28. The molecule has 1 aromatic heterocycles. The van der Waals surface area contributed by atoms with E-state index in [4.69, 9.17) is 5.26 Å². The first-order chi connectivity index (χ1) is 6.70. The fourth-order valence-corrected chi connectivity index (χ4v) is 1.28. The molecule has 0 bridgehead atoms. The highest BCUT2D eigenvalue weighted by Crippen LogP contribution is 2.15. The van der Waals surface area contributed by atoms with Gasteiger partial charge >= 0.3 is 5.69 Å². The Labute approximate surface area is 79.5 Å². The zero-order valence-electron chi connectivity index (χ0n) is 7.29. The number of nitrogens with zero attached hydrogens (tertiary/aromatic N) is 1. The molecule has 4 heteroatoms. The first kappa shape index (κ1) is 8.32. The summed E-state index contributed by atoms with van der Waals surface area (Å²) in [6.07, 6.45) is 0. The van der Waals surface area contributed by atoms with E-state index in [1.54, 1.807) is 18.2 Å². The Balaban J connectivity index is 2.68. The first-order valence-corrected chi connectivity index (χ1v) is 4.02. The maximum atomic E-state index is 10.9. The van der Waals surface area contributed by atoms with Gasteiger partial charge in [-0.25, -0.2) is 4.79 Å². The maximum Gasteiger partial charge on any atom is 0.323 e. The lowest BCUT2D eigenvalue weighted by molar-refractivity contribution is 1.21. The van der Waals surface area contributed by atoms with Crippen LogP contribution in [0.4, 0.5) is 0 Å². The van der Waals surface area contributed by atoms with E-state index < -0.39 is 0 Å². The molecule has 0 amide bonds. The second-order valence-corrected chi connectivity index (χ2v) is 2.93. The van der Waals surface area contributed by atoms with E-state index in [2.05, 4.69) is 16.5 Å². The molecule has 68 valence electrons. The number of hydrogen-bond donors (Lipinski definition) is 2. The molecule has 4 nitrogen and oxygen atoms in total. The normalized spacial score (nSPS) is 9.93. The molecule has 0 fully saturated rings. The summed E-state index contributed by atoms with van der Waals surface area (Å²) in [5.74, 6) is 0. The van der Waals surface area contributed by atoms with Crippen molar-refractivity contribution in [3.8, 4) is 6.07 Å². The number of rotatable bonds is 1. The second kappa shape index (κ2) is 2.89. The third-order valence-corrected chi connectivity index (χ3v) is 2.00. The molecule has 0 aliphatic heterocycles. The van der Waals surface area contributed by atoms with Crippen molar-refractivity contribution in [1.29, 1.82) is 5.26 Å². The Morgan fingerprint density at radius 1 is 1.36 bits per heavy atom. The highest BCUT2D eigenvalue weighted by atomic mass is 16.1. The fraction of sp³-hybridized carbons (Fsp3) is 0. The third kappa shape index (κ3) is 1.21. The van der Waals surface area contributed by atoms with E-state index in [1.807, 2.05) is 6.07 Å². The number of nitriles is 1. The molecule has 0 saturated heterocycles. The van der Waals surface area contributed by atoms with E-state index in [1.165, 1.54) is 0 Å². The molecule has 1 heterocycles. The molecular weight excluding hydrogens is 178 g/mol. The van der Waals surface area contributed by atoms with Gasteiger partial charge in [-0.05, 0) is 17.7 Å². The van der Waals surface area contributed by atoms with Crippen LogP contribution in [0.1, 0.15) is 5.56 Å². The van der Waals surface area contributed by atoms with Gasteiger partial charge < -0.3 is 9.97 Å². The number of fused-ring (bicyclic) bond motifs is 1. The molecule has 0 unspecified atom stereocenters. The van der Waals surface area contributed by atoms with Crippen LogP contribution in [0.3, 0.4) is 0 Å². The molecule has 0 saturated carbocycles. The molecule has 0 aliphatic carbocycles. The van der Waals surface area contributed by atoms with Gasteiger partial charge in [-0.1, -0.05) is 12.6 Å². The fourth-order valence-electron chi connectivity index (χ4n) is 1.28. The van der Waals surface area contributed by atoms with Gasteiger partial charge in [0.15, 0.2) is 0 Å². The van der Waals surface area contributed by atoms with Crippen LogP contribution in [-0.4, -0.2) is 9.97 Å². The van der Waals surface area contributed by atoms with Gasteiger partial charge in [0.2, 0.25) is 0 Å². The molecule has 14 heavy (non-hydrogen) atoms. The van der Waals surface area contributed by atoms with Gasteiger partial charge in [-0.2, -0.15) is 5.26 Å². The zero-order chi connectivity index (χ0) is 10.1. The second-order valence-electron chi connectivity index (χ2n) is 2.93. The Bertz CT molecular complexity index is 598. The highest BCUT2D eigenvalue weighted by Gasteiger charge is 2.01. The van der Waals surface area contributed by atoms with Gasteiger partial charge in [0.05, 0.1) is 22.7 Å². The summed E-state index contributed by atoms with van der Waals surface area (Å²) < 4.78 is 0. The largest absolute Gasteiger partial charge is 0.323 e. The smallest absolute Gasteiger partial charge is 0.306 e. The lowest BCUT2D eigenvalue weighted by Crippen LogP contribution is -1.99. The molecule has 0 atom stereocenters. The number of benzene rings is 1. The summed E-state index contributed by atoms with van der Waals surface area (Å²) in [5, 5.41) is 8.64. The Morgan fingerprint density at radius 2 is 2.07 bits per heavy atom. The molecule has 1 aromatic carbocycles. The van der Waals surface area contributed by atoms with Crippen molar-refractivity contribution in [1.82, 2.24) is 9.97 Å². The third-order valence-electron chi connectivity index (χ3n) is 2.00. The van der Waals surface area contributed by atoms with Gasteiger partial charge in [-0.3, -0.25) is 0 Å². The standard InChI is InChI=1S/C10H7N3O/c1-6(5-11)7-2-3-8-9(4-7)13-10(14)12-8/h2-4H,1H2,(H2,12,13,14). The lowest BCUT2D eigenvalue weighted by atomic mass is 10.1. The van der Waals surface area contributed by atoms with E-state index in [-0.39, 0.29) is 5.69 Å². The minimum Gasteiger partial charge on any atom is -0.306 e. The number of allylic oxidation sites excluding steroid dienone is 1. The highest BCUT2D eigenvalue weighted by molar-refractivity contribution is 5.83. The average Bonchev–Trinajstić information content (AvgIpc) is 2.55. The molecule has 0 radical (unpaired) electrons. The van der Waals surface area contributed by atoms with Crippen LogP contribution < -0.4 is 5.69 Å². The summed E-state index contributed by atoms with van der Waals surface area (Å²) >= 11 is 0. The molecule has 0 spiro atoms. The Morgan fingerprint density at radius 3 is 2.79 bits per heavy atom. The quantitative estimate of drug-likeness (QED) is 0.659. The van der Waals surface area contributed by atoms with Crippen LogP contribution in [0.5, 0.6) is 0 Å². The predicted molar refractivity (Wildman–Crippen MR) is 53.6 cm³/mol. The van der Waals surface area contributed by atoms with E-state index in [0.717, 1.165) is 11.1 Å². The maximum absolute atomic E-state index is 10.9. The van der Waals surface area contributed by atoms with Gasteiger partial charge in [0.25, 0.3) is 0 Å².